The van der Waals surface area contributed by atoms with Crippen molar-refractivity contribution in [2.45, 2.75) is 6.18 Å². The molecule has 0 amide bonds. The maximum Gasteiger partial charge on any atom is 0.401 e. The molecule has 3 nitrogen and oxygen atoms in total. The van der Waals surface area contributed by atoms with E-state index in [4.69, 9.17) is 0 Å². The molecule has 0 radical (unpaired) electrons. The lowest BCUT2D eigenvalue weighted by molar-refractivity contribution is -0.138. The van der Waals surface area contributed by atoms with Crippen LogP contribution in [-0.2, 0) is 9.53 Å². The molecule has 0 aliphatic carbocycles. The Morgan fingerprint density at radius 3 is 2.58 bits per heavy atom. The van der Waals surface area contributed by atoms with E-state index in [1.807, 2.05) is 5.32 Å². The first-order valence-corrected chi connectivity index (χ1v) is 2.88. The van der Waals surface area contributed by atoms with Crippen molar-refractivity contribution in [1.29, 1.82) is 0 Å². The summed E-state index contributed by atoms with van der Waals surface area (Å²) in [6, 6.07) is 0. The molecule has 0 rings (SSSR count). The smallest absolute Gasteiger partial charge is 0.371 e. The first-order chi connectivity index (χ1) is 5.45. The van der Waals surface area contributed by atoms with Gasteiger partial charge in [0.2, 0.25) is 0 Å². The van der Waals surface area contributed by atoms with Gasteiger partial charge in [-0.3, -0.25) is 5.32 Å². The number of esters is 1. The number of halogens is 3. The van der Waals surface area contributed by atoms with E-state index >= 15 is 0 Å². The predicted octanol–water partition coefficient (Wildman–Crippen LogP) is 0.272. The van der Waals surface area contributed by atoms with Crippen LogP contribution in [-0.4, -0.2) is 25.2 Å². The normalized spacial score (nSPS) is 10.5. The van der Waals surface area contributed by atoms with Crippen molar-refractivity contribution in [1.82, 2.24) is 5.32 Å². The predicted molar refractivity (Wildman–Crippen MR) is 33.8 cm³/mol. The molecule has 0 saturated carbocycles. The Morgan fingerprint density at radius 1 is 1.58 bits per heavy atom. The third-order valence-corrected chi connectivity index (χ3v) is 0.768. The summed E-state index contributed by atoms with van der Waals surface area (Å²) in [4.78, 5) is 10.3. The Morgan fingerprint density at radius 2 is 2.17 bits per heavy atom. The summed E-state index contributed by atoms with van der Waals surface area (Å²) >= 11 is 0. The lowest BCUT2D eigenvalue weighted by atomic mass is 10.5. The van der Waals surface area contributed by atoms with Crippen molar-refractivity contribution < 1.29 is 22.7 Å². The van der Waals surface area contributed by atoms with E-state index in [0.717, 1.165) is 0 Å². The van der Waals surface area contributed by atoms with Gasteiger partial charge in [0.05, 0.1) is 13.1 Å². The first-order valence-electron chi connectivity index (χ1n) is 2.88. The van der Waals surface area contributed by atoms with Gasteiger partial charge < -0.3 is 4.74 Å². The zero-order valence-corrected chi connectivity index (χ0v) is 5.94. The number of nitrogens with one attached hydrogen (secondary N) is 1. The molecule has 0 spiro atoms. The average molecular weight is 181 g/mol. The fraction of sp³-hybridized carbons (Fsp3) is 0.500. The maximum atomic E-state index is 11.4. The molecule has 68 valence electrons. The SMILES string of the molecule is C#COC(=O)CNCC(F)(F)F. The Bertz CT molecular complexity index is 194. The molecule has 0 aromatic heterocycles. The summed E-state index contributed by atoms with van der Waals surface area (Å²) in [7, 11) is 0. The van der Waals surface area contributed by atoms with Crippen molar-refractivity contribution >= 4 is 5.97 Å². The molecule has 0 aromatic carbocycles. The van der Waals surface area contributed by atoms with Crippen molar-refractivity contribution in [2.75, 3.05) is 13.1 Å². The van der Waals surface area contributed by atoms with Crippen LogP contribution in [0.15, 0.2) is 0 Å². The number of alkyl halides is 3. The fourth-order valence-corrected chi connectivity index (χ4v) is 0.408. The largest absolute Gasteiger partial charge is 0.401 e. The summed E-state index contributed by atoms with van der Waals surface area (Å²) in [5.74, 6) is -0.915. The van der Waals surface area contributed by atoms with Crippen LogP contribution in [0.1, 0.15) is 0 Å². The standard InChI is InChI=1S/C6H6F3NO2/c1-2-12-5(11)3-10-4-6(7,8)9/h1,10H,3-4H2. The van der Waals surface area contributed by atoms with Gasteiger partial charge in [0.1, 0.15) is 6.11 Å². The summed E-state index contributed by atoms with van der Waals surface area (Å²) in [5.41, 5.74) is 0. The highest BCUT2D eigenvalue weighted by Gasteiger charge is 2.26. The van der Waals surface area contributed by atoms with Gasteiger partial charge in [-0.2, -0.15) is 13.2 Å². The van der Waals surface area contributed by atoms with E-state index in [1.165, 1.54) is 0 Å². The molecule has 6 heteroatoms. The average Bonchev–Trinajstić information content (AvgIpc) is 1.84. The van der Waals surface area contributed by atoms with Crippen LogP contribution < -0.4 is 5.32 Å². The summed E-state index contributed by atoms with van der Waals surface area (Å²) < 4.78 is 38.2. The summed E-state index contributed by atoms with van der Waals surface area (Å²) in [6.45, 7) is -1.80. The molecular formula is C6H6F3NO2. The molecule has 1 N–H and O–H groups in total. The molecule has 0 fully saturated rings. The van der Waals surface area contributed by atoms with E-state index in [9.17, 15) is 18.0 Å². The Kier molecular flexibility index (Phi) is 4.15. The van der Waals surface area contributed by atoms with Crippen molar-refractivity contribution in [3.63, 3.8) is 0 Å². The van der Waals surface area contributed by atoms with Crippen LogP contribution in [0.3, 0.4) is 0 Å². The molecule has 12 heavy (non-hydrogen) atoms. The summed E-state index contributed by atoms with van der Waals surface area (Å²) in [5, 5.41) is 1.81. The van der Waals surface area contributed by atoms with E-state index in [1.54, 1.807) is 6.11 Å². The van der Waals surface area contributed by atoms with Crippen LogP contribution in [0.4, 0.5) is 13.2 Å². The van der Waals surface area contributed by atoms with Crippen molar-refractivity contribution in [2.24, 2.45) is 0 Å². The van der Waals surface area contributed by atoms with Gasteiger partial charge >= 0.3 is 12.1 Å². The van der Waals surface area contributed by atoms with Crippen LogP contribution in [0.25, 0.3) is 0 Å². The van der Waals surface area contributed by atoms with E-state index in [0.29, 0.717) is 0 Å². The monoisotopic (exact) mass is 181 g/mol. The molecule has 0 aliphatic heterocycles. The van der Waals surface area contributed by atoms with Gasteiger partial charge in [-0.25, -0.2) is 4.79 Å². The first kappa shape index (κ1) is 10.8. The van der Waals surface area contributed by atoms with Gasteiger partial charge in [0.15, 0.2) is 0 Å². The van der Waals surface area contributed by atoms with Gasteiger partial charge in [-0.05, 0) is 0 Å². The number of carbonyl (C=O) groups excluding carboxylic acids is 1. The Balaban J connectivity index is 3.45. The molecule has 0 heterocycles. The number of hydrogen-bond donors (Lipinski definition) is 1. The fourth-order valence-electron chi connectivity index (χ4n) is 0.408. The second kappa shape index (κ2) is 4.62. The lowest BCUT2D eigenvalue weighted by Gasteiger charge is -2.05. The van der Waals surface area contributed by atoms with Gasteiger partial charge in [-0.1, -0.05) is 6.42 Å². The van der Waals surface area contributed by atoms with E-state index in [-0.39, 0.29) is 0 Å². The maximum absolute atomic E-state index is 11.4. The highest BCUT2D eigenvalue weighted by molar-refractivity contribution is 5.72. The number of hydrogen-bond acceptors (Lipinski definition) is 3. The van der Waals surface area contributed by atoms with Gasteiger partial charge in [0, 0.05) is 0 Å². The zero-order chi connectivity index (χ0) is 9.61. The highest BCUT2D eigenvalue weighted by Crippen LogP contribution is 2.11. The van der Waals surface area contributed by atoms with Gasteiger partial charge in [0.25, 0.3) is 0 Å². The lowest BCUT2D eigenvalue weighted by Crippen LogP contribution is -2.33. The number of carbonyl (C=O) groups is 1. The van der Waals surface area contributed by atoms with Gasteiger partial charge in [-0.15, -0.1) is 0 Å². The van der Waals surface area contributed by atoms with Crippen molar-refractivity contribution in [3.05, 3.63) is 0 Å². The molecule has 0 aliphatic rings. The van der Waals surface area contributed by atoms with Crippen LogP contribution in [0.5, 0.6) is 0 Å². The van der Waals surface area contributed by atoms with Crippen LogP contribution >= 0.6 is 0 Å². The highest BCUT2D eigenvalue weighted by atomic mass is 19.4. The quantitative estimate of drug-likeness (QED) is 0.501. The second-order valence-electron chi connectivity index (χ2n) is 1.81. The van der Waals surface area contributed by atoms with Crippen molar-refractivity contribution in [3.8, 4) is 12.5 Å². The second-order valence-corrected chi connectivity index (χ2v) is 1.81. The molecule has 0 aromatic rings. The molecule has 0 atom stereocenters. The number of ether oxygens (including phenoxy) is 1. The molecule has 0 saturated heterocycles. The molecular weight excluding hydrogens is 175 g/mol. The summed E-state index contributed by atoms with van der Waals surface area (Å²) in [6.07, 6.45) is 1.75. The minimum Gasteiger partial charge on any atom is -0.371 e. The van der Waals surface area contributed by atoms with E-state index in [2.05, 4.69) is 11.2 Å². The Hall–Kier alpha value is -1.22. The van der Waals surface area contributed by atoms with E-state index < -0.39 is 25.2 Å². The number of rotatable bonds is 3. The molecule has 0 unspecified atom stereocenters. The Labute approximate surface area is 66.9 Å². The van der Waals surface area contributed by atoms with Crippen LogP contribution in [0, 0.1) is 12.5 Å². The third-order valence-electron chi connectivity index (χ3n) is 0.768. The molecule has 0 bridgehead atoms. The number of terminal acetylenes is 1. The minimum absolute atomic E-state index is 0.552. The zero-order valence-electron chi connectivity index (χ0n) is 5.94. The third kappa shape index (κ3) is 6.89. The topological polar surface area (TPSA) is 38.3 Å². The minimum atomic E-state index is -4.34. The van der Waals surface area contributed by atoms with Crippen LogP contribution in [0.2, 0.25) is 0 Å².